The first-order valence-electron chi connectivity index (χ1n) is 6.34. The maximum absolute atomic E-state index is 12.0. The fourth-order valence-electron chi connectivity index (χ4n) is 2.35. The molecule has 3 rings (SSSR count). The van der Waals surface area contributed by atoms with Crippen LogP contribution in [0.3, 0.4) is 0 Å². The number of amides is 1. The average Bonchev–Trinajstić information content (AvgIpc) is 2.53. The molecule has 0 saturated heterocycles. The number of fused-ring (bicyclic) bond motifs is 1. The minimum Gasteiger partial charge on any atom is -0.490 e. The topological polar surface area (TPSA) is 42.4 Å². The van der Waals surface area contributed by atoms with E-state index in [1.807, 2.05) is 30.3 Å². The molecule has 6 heteroatoms. The van der Waals surface area contributed by atoms with Crippen LogP contribution >= 0.6 is 24.0 Å². The van der Waals surface area contributed by atoms with Crippen molar-refractivity contribution in [1.29, 1.82) is 0 Å². The lowest BCUT2D eigenvalue weighted by atomic mass is 10.0. The minimum absolute atomic E-state index is 0. The van der Waals surface area contributed by atoms with Crippen molar-refractivity contribution in [2.45, 2.75) is 0 Å². The van der Waals surface area contributed by atoms with E-state index in [0.29, 0.717) is 18.9 Å². The second kappa shape index (κ2) is 6.78. The van der Waals surface area contributed by atoms with Gasteiger partial charge in [-0.15, -0.1) is 24.0 Å². The van der Waals surface area contributed by atoms with Gasteiger partial charge in [0, 0.05) is 23.5 Å². The molecule has 1 aromatic heterocycles. The van der Waals surface area contributed by atoms with Crippen LogP contribution in [0.4, 0.5) is 5.69 Å². The molecule has 1 aromatic carbocycles. The number of carbonyl (C=O) groups excluding carboxylic acids is 1. The number of hydrogen-bond donors (Lipinski definition) is 0. The summed E-state index contributed by atoms with van der Waals surface area (Å²) in [6.07, 6.45) is 3.49. The molecule has 1 amide bonds. The fraction of sp³-hybridized carbons (Fsp3) is 0.200. The number of hydrogen-bond acceptors (Lipinski definition) is 3. The van der Waals surface area contributed by atoms with E-state index in [9.17, 15) is 4.79 Å². The third kappa shape index (κ3) is 2.96. The van der Waals surface area contributed by atoms with Gasteiger partial charge in [-0.1, -0.05) is 18.2 Å². The largest absolute Gasteiger partial charge is 0.490 e. The van der Waals surface area contributed by atoms with E-state index in [-0.39, 0.29) is 24.2 Å². The molecule has 0 radical (unpaired) electrons. The summed E-state index contributed by atoms with van der Waals surface area (Å²) in [5.74, 6) is 0.546. The number of nitrogens with zero attached hydrogens (tertiary/aromatic N) is 2. The SMILES string of the molecule is Cl.O=C(CCl)N1CCOc2cccc(-c3cccnc3)c21. The summed E-state index contributed by atoms with van der Waals surface area (Å²) in [6.45, 7) is 0.988. The van der Waals surface area contributed by atoms with Gasteiger partial charge in [0.1, 0.15) is 18.2 Å². The zero-order valence-corrected chi connectivity index (χ0v) is 12.7. The Morgan fingerprint density at radius 1 is 1.33 bits per heavy atom. The highest BCUT2D eigenvalue weighted by Crippen LogP contribution is 2.40. The lowest BCUT2D eigenvalue weighted by Crippen LogP contribution is -2.39. The van der Waals surface area contributed by atoms with E-state index < -0.39 is 0 Å². The average molecular weight is 325 g/mol. The Morgan fingerprint density at radius 2 is 2.19 bits per heavy atom. The predicted octanol–water partition coefficient (Wildman–Crippen LogP) is 3.13. The van der Waals surface area contributed by atoms with E-state index in [4.69, 9.17) is 16.3 Å². The van der Waals surface area contributed by atoms with Crippen molar-refractivity contribution < 1.29 is 9.53 Å². The zero-order valence-electron chi connectivity index (χ0n) is 11.2. The molecule has 0 spiro atoms. The first-order valence-corrected chi connectivity index (χ1v) is 6.87. The minimum atomic E-state index is -0.118. The molecule has 0 atom stereocenters. The first kappa shape index (κ1) is 15.6. The van der Waals surface area contributed by atoms with E-state index in [1.165, 1.54) is 0 Å². The molecular formula is C15H14Cl2N2O2. The first-order chi connectivity index (χ1) is 9.81. The van der Waals surface area contributed by atoms with Crippen LogP contribution in [0.25, 0.3) is 11.1 Å². The van der Waals surface area contributed by atoms with Gasteiger partial charge < -0.3 is 9.64 Å². The lowest BCUT2D eigenvalue weighted by Gasteiger charge is -2.31. The van der Waals surface area contributed by atoms with Crippen molar-refractivity contribution in [3.8, 4) is 16.9 Å². The number of rotatable bonds is 2. The number of para-hydroxylation sites is 1. The number of carbonyl (C=O) groups is 1. The van der Waals surface area contributed by atoms with Crippen LogP contribution in [0.1, 0.15) is 0 Å². The van der Waals surface area contributed by atoms with Crippen LogP contribution < -0.4 is 9.64 Å². The monoisotopic (exact) mass is 324 g/mol. The second-order valence-electron chi connectivity index (χ2n) is 4.42. The van der Waals surface area contributed by atoms with E-state index >= 15 is 0 Å². The van der Waals surface area contributed by atoms with Crippen molar-refractivity contribution in [2.75, 3.05) is 23.9 Å². The maximum Gasteiger partial charge on any atom is 0.242 e. The second-order valence-corrected chi connectivity index (χ2v) is 4.69. The molecule has 4 nitrogen and oxygen atoms in total. The van der Waals surface area contributed by atoms with Crippen molar-refractivity contribution in [3.63, 3.8) is 0 Å². The third-order valence-electron chi connectivity index (χ3n) is 3.23. The van der Waals surface area contributed by atoms with Crippen LogP contribution in [0, 0.1) is 0 Å². The van der Waals surface area contributed by atoms with Crippen molar-refractivity contribution in [3.05, 3.63) is 42.7 Å². The van der Waals surface area contributed by atoms with Crippen molar-refractivity contribution in [1.82, 2.24) is 4.98 Å². The predicted molar refractivity (Wildman–Crippen MR) is 85.5 cm³/mol. The molecule has 21 heavy (non-hydrogen) atoms. The molecule has 110 valence electrons. The Hall–Kier alpha value is -1.78. The quantitative estimate of drug-likeness (QED) is 0.797. The maximum atomic E-state index is 12.0. The van der Waals surface area contributed by atoms with Gasteiger partial charge in [0.2, 0.25) is 5.91 Å². The molecule has 0 aliphatic carbocycles. The number of aromatic nitrogens is 1. The van der Waals surface area contributed by atoms with Crippen molar-refractivity contribution in [2.24, 2.45) is 0 Å². The standard InChI is InChI=1S/C15H13ClN2O2.ClH/c16-9-14(19)18-7-8-20-13-5-1-4-12(15(13)18)11-3-2-6-17-10-11;/h1-6,10H,7-9H2;1H. The van der Waals surface area contributed by atoms with Gasteiger partial charge in [0.05, 0.1) is 12.2 Å². The molecule has 0 saturated carbocycles. The molecule has 0 fully saturated rings. The summed E-state index contributed by atoms with van der Waals surface area (Å²) in [5.41, 5.74) is 2.65. The lowest BCUT2D eigenvalue weighted by molar-refractivity contribution is -0.116. The van der Waals surface area contributed by atoms with Gasteiger partial charge in [-0.05, 0) is 12.1 Å². The summed E-state index contributed by atoms with van der Waals surface area (Å²) in [7, 11) is 0. The normalized spacial score (nSPS) is 12.9. The van der Waals surface area contributed by atoms with Crippen LogP contribution in [0.2, 0.25) is 0 Å². The fourth-order valence-corrected chi connectivity index (χ4v) is 2.50. The van der Waals surface area contributed by atoms with Crippen LogP contribution in [-0.4, -0.2) is 29.9 Å². The Bertz CT molecular complexity index is 635. The van der Waals surface area contributed by atoms with Crippen LogP contribution in [-0.2, 0) is 4.79 Å². The van der Waals surface area contributed by atoms with E-state index in [0.717, 1.165) is 16.8 Å². The number of halogens is 2. The van der Waals surface area contributed by atoms with Crippen molar-refractivity contribution >= 4 is 35.6 Å². The Morgan fingerprint density at radius 3 is 2.90 bits per heavy atom. The number of anilines is 1. The molecule has 0 unspecified atom stereocenters. The number of benzene rings is 1. The number of ether oxygens (including phenoxy) is 1. The van der Waals surface area contributed by atoms with Gasteiger partial charge in [0.25, 0.3) is 0 Å². The summed E-state index contributed by atoms with van der Waals surface area (Å²) in [4.78, 5) is 17.9. The van der Waals surface area contributed by atoms with Gasteiger partial charge in [-0.3, -0.25) is 9.78 Å². The molecule has 1 aliphatic heterocycles. The number of alkyl halides is 1. The van der Waals surface area contributed by atoms with Gasteiger partial charge in [-0.2, -0.15) is 0 Å². The Kier molecular flexibility index (Phi) is 5.04. The summed E-state index contributed by atoms with van der Waals surface area (Å²) >= 11 is 5.71. The van der Waals surface area contributed by atoms with Gasteiger partial charge >= 0.3 is 0 Å². The number of pyridine rings is 1. The molecule has 2 aromatic rings. The molecule has 0 N–H and O–H groups in total. The Balaban J connectivity index is 0.00000161. The van der Waals surface area contributed by atoms with E-state index in [2.05, 4.69) is 4.98 Å². The van der Waals surface area contributed by atoms with Crippen LogP contribution in [0.5, 0.6) is 5.75 Å². The zero-order chi connectivity index (χ0) is 13.9. The van der Waals surface area contributed by atoms with Gasteiger partial charge in [0.15, 0.2) is 0 Å². The third-order valence-corrected chi connectivity index (χ3v) is 3.46. The smallest absolute Gasteiger partial charge is 0.242 e. The molecule has 0 bridgehead atoms. The molecular weight excluding hydrogens is 311 g/mol. The van der Waals surface area contributed by atoms with Gasteiger partial charge in [-0.25, -0.2) is 0 Å². The highest BCUT2D eigenvalue weighted by atomic mass is 35.5. The Labute approximate surface area is 134 Å². The van der Waals surface area contributed by atoms with E-state index in [1.54, 1.807) is 17.3 Å². The summed E-state index contributed by atoms with van der Waals surface area (Å²) in [5, 5.41) is 0. The molecule has 2 heterocycles. The highest BCUT2D eigenvalue weighted by Gasteiger charge is 2.26. The summed E-state index contributed by atoms with van der Waals surface area (Å²) in [6, 6.07) is 9.56. The highest BCUT2D eigenvalue weighted by molar-refractivity contribution is 6.29. The molecule has 1 aliphatic rings. The van der Waals surface area contributed by atoms with Crippen LogP contribution in [0.15, 0.2) is 42.7 Å². The summed E-state index contributed by atoms with van der Waals surface area (Å²) < 4.78 is 5.65.